The normalized spacial score (nSPS) is 13.8. The second-order valence-corrected chi connectivity index (χ2v) is 3.87. The molecule has 0 bridgehead atoms. The molecule has 0 radical (unpaired) electrons. The zero-order valence-electron chi connectivity index (χ0n) is 8.54. The van der Waals surface area contributed by atoms with E-state index in [-0.39, 0.29) is 5.91 Å². The fraction of sp³-hybridized carbons (Fsp3) is 0. The highest BCUT2D eigenvalue weighted by Gasteiger charge is 2.21. The van der Waals surface area contributed by atoms with Crippen molar-refractivity contribution in [2.24, 2.45) is 10.2 Å². The molecule has 0 saturated carbocycles. The summed E-state index contributed by atoms with van der Waals surface area (Å²) in [4.78, 5) is 16.1. The van der Waals surface area contributed by atoms with E-state index in [1.54, 1.807) is 18.6 Å². The molecule has 17 heavy (non-hydrogen) atoms. The SMILES string of the molecule is O=C1N=Nc2ccc3nc4cocc4cc3c21. The van der Waals surface area contributed by atoms with Gasteiger partial charge in [0, 0.05) is 10.8 Å². The molecule has 1 aromatic carbocycles. The van der Waals surface area contributed by atoms with Crippen molar-refractivity contribution in [1.29, 1.82) is 0 Å². The summed E-state index contributed by atoms with van der Waals surface area (Å²) in [6.45, 7) is 0. The van der Waals surface area contributed by atoms with Crippen LogP contribution in [-0.2, 0) is 0 Å². The fourth-order valence-corrected chi connectivity index (χ4v) is 2.08. The highest BCUT2D eigenvalue weighted by molar-refractivity contribution is 6.14. The molecule has 2 aromatic heterocycles. The van der Waals surface area contributed by atoms with E-state index in [0.29, 0.717) is 11.3 Å². The van der Waals surface area contributed by atoms with Gasteiger partial charge in [-0.2, -0.15) is 0 Å². The van der Waals surface area contributed by atoms with E-state index in [9.17, 15) is 4.79 Å². The molecule has 0 N–H and O–H groups in total. The van der Waals surface area contributed by atoms with Gasteiger partial charge in [-0.25, -0.2) is 4.98 Å². The van der Waals surface area contributed by atoms with Crippen LogP contribution in [0.1, 0.15) is 10.4 Å². The minimum Gasteiger partial charge on any atom is -0.470 e. The van der Waals surface area contributed by atoms with Crippen LogP contribution in [0.5, 0.6) is 0 Å². The largest absolute Gasteiger partial charge is 0.470 e. The predicted octanol–water partition coefficient (Wildman–Crippen LogP) is 3.22. The Balaban J connectivity index is 2.23. The van der Waals surface area contributed by atoms with Crippen LogP contribution in [0, 0.1) is 0 Å². The minimum absolute atomic E-state index is 0.310. The van der Waals surface area contributed by atoms with Crippen LogP contribution in [0.15, 0.2) is 45.4 Å². The van der Waals surface area contributed by atoms with Crippen molar-refractivity contribution < 1.29 is 9.21 Å². The van der Waals surface area contributed by atoms with Gasteiger partial charge in [-0.05, 0) is 18.2 Å². The molecule has 1 aliphatic rings. The third kappa shape index (κ3) is 1.02. The zero-order chi connectivity index (χ0) is 11.4. The van der Waals surface area contributed by atoms with Crippen LogP contribution >= 0.6 is 0 Å². The van der Waals surface area contributed by atoms with Crippen molar-refractivity contribution in [1.82, 2.24) is 4.98 Å². The molecule has 3 heterocycles. The Kier molecular flexibility index (Phi) is 1.39. The number of fused-ring (bicyclic) bond motifs is 4. The highest BCUT2D eigenvalue weighted by atomic mass is 16.3. The zero-order valence-corrected chi connectivity index (χ0v) is 8.54. The Morgan fingerprint density at radius 3 is 2.94 bits per heavy atom. The summed E-state index contributed by atoms with van der Waals surface area (Å²) in [5, 5.41) is 9.02. The molecule has 0 saturated heterocycles. The molecule has 0 fully saturated rings. The minimum atomic E-state index is -0.310. The summed E-state index contributed by atoms with van der Waals surface area (Å²) in [5.41, 5.74) is 2.65. The highest BCUT2D eigenvalue weighted by Crippen LogP contribution is 2.34. The van der Waals surface area contributed by atoms with Gasteiger partial charge >= 0.3 is 0 Å². The van der Waals surface area contributed by atoms with Gasteiger partial charge in [-0.1, -0.05) is 0 Å². The van der Waals surface area contributed by atoms with E-state index >= 15 is 0 Å². The molecule has 0 atom stereocenters. The van der Waals surface area contributed by atoms with Crippen LogP contribution in [0.4, 0.5) is 5.69 Å². The van der Waals surface area contributed by atoms with Gasteiger partial charge in [-0.3, -0.25) is 4.79 Å². The number of hydrogen-bond donors (Lipinski definition) is 0. The number of pyridine rings is 1. The first kappa shape index (κ1) is 8.58. The van der Waals surface area contributed by atoms with Gasteiger partial charge in [0.1, 0.15) is 11.8 Å². The number of nitrogens with zero attached hydrogens (tertiary/aromatic N) is 3. The van der Waals surface area contributed by atoms with Crippen molar-refractivity contribution >= 4 is 33.4 Å². The Bertz CT molecular complexity index is 817. The van der Waals surface area contributed by atoms with Gasteiger partial charge in [0.2, 0.25) is 0 Å². The van der Waals surface area contributed by atoms with Crippen LogP contribution in [0.3, 0.4) is 0 Å². The summed E-state index contributed by atoms with van der Waals surface area (Å²) in [6, 6.07) is 5.47. The summed E-state index contributed by atoms with van der Waals surface area (Å²) < 4.78 is 5.09. The van der Waals surface area contributed by atoms with Crippen molar-refractivity contribution in [2.45, 2.75) is 0 Å². The van der Waals surface area contributed by atoms with E-state index in [0.717, 1.165) is 21.8 Å². The van der Waals surface area contributed by atoms with Gasteiger partial charge in [0.15, 0.2) is 0 Å². The topological polar surface area (TPSA) is 67.8 Å². The van der Waals surface area contributed by atoms with E-state index in [1.165, 1.54) is 0 Å². The first-order chi connectivity index (χ1) is 8.33. The molecule has 80 valence electrons. The first-order valence-electron chi connectivity index (χ1n) is 5.09. The lowest BCUT2D eigenvalue weighted by molar-refractivity contribution is 0.100. The number of aromatic nitrogens is 1. The standard InChI is InChI=1S/C12H5N3O2/c16-12-11-7-3-6-4-17-5-10(6)13-8(7)1-2-9(11)14-15-12/h1-5H. The smallest absolute Gasteiger partial charge is 0.298 e. The number of furan rings is 1. The Labute approximate surface area is 94.8 Å². The third-order valence-electron chi connectivity index (χ3n) is 2.87. The first-order valence-corrected chi connectivity index (χ1v) is 5.09. The molecular formula is C12H5N3O2. The third-order valence-corrected chi connectivity index (χ3v) is 2.87. The molecule has 0 unspecified atom stereocenters. The predicted molar refractivity (Wildman–Crippen MR) is 60.4 cm³/mol. The maximum Gasteiger partial charge on any atom is 0.298 e. The van der Waals surface area contributed by atoms with E-state index < -0.39 is 0 Å². The Morgan fingerprint density at radius 1 is 1.06 bits per heavy atom. The van der Waals surface area contributed by atoms with E-state index in [4.69, 9.17) is 4.42 Å². The quantitative estimate of drug-likeness (QED) is 0.587. The van der Waals surface area contributed by atoms with E-state index in [2.05, 4.69) is 15.2 Å². The van der Waals surface area contributed by atoms with Gasteiger partial charge in [0.05, 0.1) is 23.0 Å². The fourth-order valence-electron chi connectivity index (χ4n) is 2.08. The Hall–Kier alpha value is -2.56. The average Bonchev–Trinajstić information content (AvgIpc) is 2.92. The van der Waals surface area contributed by atoms with Gasteiger partial charge in [-0.15, -0.1) is 10.2 Å². The van der Waals surface area contributed by atoms with Crippen LogP contribution in [0.25, 0.3) is 21.8 Å². The molecule has 4 rings (SSSR count). The average molecular weight is 223 g/mol. The molecular weight excluding hydrogens is 218 g/mol. The lowest BCUT2D eigenvalue weighted by Gasteiger charge is -2.01. The van der Waals surface area contributed by atoms with Crippen LogP contribution < -0.4 is 0 Å². The molecule has 1 amide bonds. The summed E-state index contributed by atoms with van der Waals surface area (Å²) in [6.07, 6.45) is 3.19. The maximum absolute atomic E-state index is 11.6. The van der Waals surface area contributed by atoms with Crippen molar-refractivity contribution in [3.05, 3.63) is 36.3 Å². The summed E-state index contributed by atoms with van der Waals surface area (Å²) >= 11 is 0. The maximum atomic E-state index is 11.6. The number of carbonyl (C=O) groups is 1. The number of benzene rings is 1. The number of hydrogen-bond acceptors (Lipinski definition) is 4. The molecule has 1 aliphatic heterocycles. The molecule has 0 spiro atoms. The second kappa shape index (κ2) is 2.76. The molecule has 3 aromatic rings. The molecule has 5 nitrogen and oxygen atoms in total. The number of carbonyl (C=O) groups excluding carboxylic acids is 1. The summed E-state index contributed by atoms with van der Waals surface area (Å²) in [5.74, 6) is -0.310. The molecule has 0 aliphatic carbocycles. The molecule has 5 heteroatoms. The lowest BCUT2D eigenvalue weighted by atomic mass is 10.1. The van der Waals surface area contributed by atoms with E-state index in [1.807, 2.05) is 12.1 Å². The Morgan fingerprint density at radius 2 is 2.00 bits per heavy atom. The van der Waals surface area contributed by atoms with Crippen molar-refractivity contribution in [2.75, 3.05) is 0 Å². The number of amides is 1. The van der Waals surface area contributed by atoms with Crippen LogP contribution in [0.2, 0.25) is 0 Å². The van der Waals surface area contributed by atoms with Gasteiger partial charge < -0.3 is 4.42 Å². The van der Waals surface area contributed by atoms with Crippen molar-refractivity contribution in [3.8, 4) is 0 Å². The monoisotopic (exact) mass is 223 g/mol. The number of azo groups is 1. The second-order valence-electron chi connectivity index (χ2n) is 3.87. The summed E-state index contributed by atoms with van der Waals surface area (Å²) in [7, 11) is 0. The lowest BCUT2D eigenvalue weighted by Crippen LogP contribution is -1.92. The van der Waals surface area contributed by atoms with Crippen LogP contribution in [-0.4, -0.2) is 10.9 Å². The number of rotatable bonds is 0. The van der Waals surface area contributed by atoms with Gasteiger partial charge in [0.25, 0.3) is 5.91 Å². The van der Waals surface area contributed by atoms with Crippen molar-refractivity contribution in [3.63, 3.8) is 0 Å².